The second-order valence-corrected chi connectivity index (χ2v) is 12.7. The molecule has 2 aromatic heterocycles. The molecule has 0 aliphatic carbocycles. The van der Waals surface area contributed by atoms with Crippen LogP contribution in [0.5, 0.6) is 5.75 Å². The van der Waals surface area contributed by atoms with Crippen molar-refractivity contribution in [1.82, 2.24) is 9.97 Å². The Balaban J connectivity index is 1.59. The Bertz CT molecular complexity index is 1460. The summed E-state index contributed by atoms with van der Waals surface area (Å²) in [5.41, 5.74) is 9.91. The number of amides is 1. The molecule has 2 aliphatic heterocycles. The van der Waals surface area contributed by atoms with Gasteiger partial charge in [0.2, 0.25) is 0 Å². The van der Waals surface area contributed by atoms with Crippen LogP contribution in [0, 0.1) is 5.82 Å². The summed E-state index contributed by atoms with van der Waals surface area (Å²) < 4.78 is 87.6. The number of carbonyl (C=O) groups excluding carboxylic acids is 1. The summed E-state index contributed by atoms with van der Waals surface area (Å²) in [6, 6.07) is 4.43. The first-order valence-electron chi connectivity index (χ1n) is 11.6. The predicted molar refractivity (Wildman–Crippen MR) is 133 cm³/mol. The van der Waals surface area contributed by atoms with Gasteiger partial charge in [-0.1, -0.05) is 0 Å². The third kappa shape index (κ3) is 4.38. The summed E-state index contributed by atoms with van der Waals surface area (Å²) in [5, 5.41) is 2.44. The van der Waals surface area contributed by atoms with Gasteiger partial charge in [-0.15, -0.1) is 0 Å². The average molecular weight is 576 g/mol. The lowest BCUT2D eigenvalue weighted by molar-refractivity contribution is -0.148. The molecule has 0 saturated carbocycles. The molecule has 4 heterocycles. The molecule has 0 aromatic carbocycles. The number of hydrogen-bond acceptors (Lipinski definition) is 9. The number of aromatic nitrogens is 2. The van der Waals surface area contributed by atoms with Gasteiger partial charge >= 0.3 is 12.3 Å². The lowest BCUT2D eigenvalue weighted by Crippen LogP contribution is -2.58. The molecule has 1 amide bonds. The van der Waals surface area contributed by atoms with Crippen molar-refractivity contribution in [3.63, 3.8) is 0 Å². The number of nitrogens with two attached hydrogens (primary N) is 2. The van der Waals surface area contributed by atoms with Gasteiger partial charge in [-0.2, -0.15) is 8.78 Å². The number of ether oxygens (including phenoxy) is 1. The van der Waals surface area contributed by atoms with Gasteiger partial charge in [-0.05, 0) is 51.6 Å². The molecule has 4 rings (SSSR count). The molecule has 10 nitrogen and oxygen atoms in total. The van der Waals surface area contributed by atoms with Crippen LogP contribution in [0.1, 0.15) is 43.4 Å². The van der Waals surface area contributed by atoms with Gasteiger partial charge in [-0.3, -0.25) is 9.79 Å². The van der Waals surface area contributed by atoms with Crippen LogP contribution in [0.2, 0.25) is 0 Å². The largest absolute Gasteiger partial charge is 0.485 e. The Kier molecular flexibility index (Phi) is 6.87. The standard InChI is InChI=1S/C23H26F5N7O3S/c1-20(2)19(30)34-21(3,23(8-9-29)35-39(20,23)37)16-13(24)5-7-15(32-16)33-17(36)14-6-4-12(10-31-14)38-11-22(27,28)18(25)26/h4-7,10,18H,8-9,11,29H2,1-3H3,(H2,30,34)(H,32,33,36)/t21-,23+,39+/m1/s1. The van der Waals surface area contributed by atoms with Crippen LogP contribution in [0.3, 0.4) is 0 Å². The molecule has 2 aliphatic rings. The van der Waals surface area contributed by atoms with Crippen LogP contribution in [0.25, 0.3) is 0 Å². The van der Waals surface area contributed by atoms with Gasteiger partial charge in [0.25, 0.3) is 5.91 Å². The van der Waals surface area contributed by atoms with Crippen molar-refractivity contribution >= 4 is 27.3 Å². The van der Waals surface area contributed by atoms with Gasteiger partial charge in [0.15, 0.2) is 11.5 Å². The van der Waals surface area contributed by atoms with Gasteiger partial charge in [0.05, 0.1) is 15.9 Å². The SMILES string of the molecule is CC1(C)C(N)=N[C@](C)(c2nc(NC(=O)c3ccc(OCC(F)(F)C(F)F)cn3)ccc2F)[C@@]2(CCN)N=[S@]12=O. The number of pyridine rings is 2. The zero-order chi connectivity index (χ0) is 29.0. The number of carbonyl (C=O) groups is 1. The minimum Gasteiger partial charge on any atom is -0.485 e. The molecule has 0 unspecified atom stereocenters. The summed E-state index contributed by atoms with van der Waals surface area (Å²) in [5.74, 6) is -6.32. The van der Waals surface area contributed by atoms with Gasteiger partial charge < -0.3 is 21.5 Å². The highest BCUT2D eigenvalue weighted by molar-refractivity contribution is 8.01. The number of fused-ring (bicyclic) bond motifs is 1. The van der Waals surface area contributed by atoms with E-state index in [1.807, 2.05) is 0 Å². The van der Waals surface area contributed by atoms with E-state index in [9.17, 15) is 26.6 Å². The van der Waals surface area contributed by atoms with Gasteiger partial charge in [0.1, 0.15) is 44.9 Å². The number of aliphatic imine (C=N–C) groups is 1. The topological polar surface area (TPSA) is 158 Å². The van der Waals surface area contributed by atoms with Crippen LogP contribution in [0.4, 0.5) is 27.8 Å². The first-order chi connectivity index (χ1) is 18.0. The maximum absolute atomic E-state index is 15.2. The number of anilines is 1. The first-order valence-corrected chi connectivity index (χ1v) is 13.1. The van der Waals surface area contributed by atoms with Crippen LogP contribution in [-0.4, -0.2) is 61.0 Å². The number of halogens is 5. The fourth-order valence-corrected chi connectivity index (χ4v) is 7.75. The maximum Gasteiger partial charge on any atom is 0.340 e. The zero-order valence-electron chi connectivity index (χ0n) is 21.1. The highest BCUT2D eigenvalue weighted by atomic mass is 32.2. The molecule has 0 saturated heterocycles. The minimum atomic E-state index is -4.36. The summed E-state index contributed by atoms with van der Waals surface area (Å²) in [4.78, 5) is 23.9. The molecule has 0 bridgehead atoms. The second-order valence-electron chi connectivity index (χ2n) is 9.73. The van der Waals surface area contributed by atoms with Crippen LogP contribution in [0.15, 0.2) is 39.8 Å². The lowest BCUT2D eigenvalue weighted by atomic mass is 9.85. The molecule has 5 N–H and O–H groups in total. The van der Waals surface area contributed by atoms with Crippen molar-refractivity contribution in [2.24, 2.45) is 20.8 Å². The quantitative estimate of drug-likeness (QED) is 0.388. The average Bonchev–Trinajstić information content (AvgIpc) is 3.51. The summed E-state index contributed by atoms with van der Waals surface area (Å²) in [7, 11) is -3.01. The van der Waals surface area contributed by atoms with Crippen molar-refractivity contribution in [3.05, 3.63) is 47.7 Å². The Morgan fingerprint density at radius 1 is 1.21 bits per heavy atom. The normalized spacial score (nSPS) is 27.3. The van der Waals surface area contributed by atoms with E-state index in [4.69, 9.17) is 11.5 Å². The minimum absolute atomic E-state index is 0.0114. The highest BCUT2D eigenvalue weighted by Crippen LogP contribution is 2.62. The Morgan fingerprint density at radius 2 is 1.90 bits per heavy atom. The van der Waals surface area contributed by atoms with E-state index in [1.165, 1.54) is 13.0 Å². The molecular formula is C23H26F5N7O3S. The van der Waals surface area contributed by atoms with E-state index >= 15 is 4.39 Å². The van der Waals surface area contributed by atoms with Crippen molar-refractivity contribution in [1.29, 1.82) is 0 Å². The zero-order valence-corrected chi connectivity index (χ0v) is 21.9. The summed E-state index contributed by atoms with van der Waals surface area (Å²) in [6.45, 7) is 3.31. The van der Waals surface area contributed by atoms with E-state index in [0.717, 1.165) is 24.4 Å². The second kappa shape index (κ2) is 9.36. The fraction of sp³-hybridized carbons (Fsp3) is 0.478. The van der Waals surface area contributed by atoms with Gasteiger partial charge in [-0.25, -0.2) is 31.7 Å². The predicted octanol–water partition coefficient (Wildman–Crippen LogP) is 3.04. The van der Waals surface area contributed by atoms with Crippen molar-refractivity contribution < 1.29 is 35.7 Å². The molecule has 39 heavy (non-hydrogen) atoms. The van der Waals surface area contributed by atoms with Crippen molar-refractivity contribution in [3.8, 4) is 5.75 Å². The van der Waals surface area contributed by atoms with Crippen molar-refractivity contribution in [2.45, 2.75) is 54.7 Å². The molecule has 0 spiro atoms. The number of amidine groups is 1. The molecule has 212 valence electrons. The molecular weight excluding hydrogens is 549 g/mol. The van der Waals surface area contributed by atoms with E-state index in [1.54, 1.807) is 13.8 Å². The van der Waals surface area contributed by atoms with Crippen LogP contribution < -0.4 is 21.5 Å². The van der Waals surface area contributed by atoms with E-state index < -0.39 is 55.6 Å². The van der Waals surface area contributed by atoms with E-state index in [0.29, 0.717) is 0 Å². The third-order valence-electron chi connectivity index (χ3n) is 6.87. The fourth-order valence-electron chi connectivity index (χ4n) is 4.43. The van der Waals surface area contributed by atoms with Crippen molar-refractivity contribution in [2.75, 3.05) is 18.5 Å². The monoisotopic (exact) mass is 575 g/mol. The third-order valence-corrected chi connectivity index (χ3v) is 10.5. The molecule has 2 aromatic rings. The van der Waals surface area contributed by atoms with E-state index in [2.05, 4.69) is 29.4 Å². The summed E-state index contributed by atoms with van der Waals surface area (Å²) >= 11 is 0. The van der Waals surface area contributed by atoms with Crippen LogP contribution >= 0.6 is 0 Å². The number of nitrogens with zero attached hydrogens (tertiary/aromatic N) is 4. The Hall–Kier alpha value is -3.40. The number of hydrogen-bond donors (Lipinski definition) is 3. The molecule has 3 atom stereocenters. The highest BCUT2D eigenvalue weighted by Gasteiger charge is 2.74. The summed E-state index contributed by atoms with van der Waals surface area (Å²) in [6.07, 6.45) is -2.87. The van der Waals surface area contributed by atoms with Gasteiger partial charge in [0, 0.05) is 6.42 Å². The lowest BCUT2D eigenvalue weighted by Gasteiger charge is -2.41. The maximum atomic E-state index is 15.2. The Labute approximate surface area is 220 Å². The smallest absolute Gasteiger partial charge is 0.340 e. The molecule has 16 heteroatoms. The van der Waals surface area contributed by atoms with Crippen LogP contribution in [-0.2, 0) is 15.3 Å². The molecule has 0 radical (unpaired) electrons. The Morgan fingerprint density at radius 3 is 2.49 bits per heavy atom. The first kappa shape index (κ1) is 28.6. The number of nitrogens with one attached hydrogen (secondary N) is 1. The molecule has 0 fully saturated rings. The van der Waals surface area contributed by atoms with E-state index in [-0.39, 0.29) is 41.8 Å². The number of rotatable bonds is 9. The number of alkyl halides is 4.